The quantitative estimate of drug-likeness (QED) is 0.723. The molecular formula is C11H15ClN2O. The van der Waals surface area contributed by atoms with Gasteiger partial charge in [-0.25, -0.2) is 4.98 Å². The summed E-state index contributed by atoms with van der Waals surface area (Å²) in [6.07, 6.45) is 4.15. The summed E-state index contributed by atoms with van der Waals surface area (Å²) in [6.45, 7) is 2.20. The SMILES string of the molecule is CN1CCC(Oc2ccnc(Cl)c2)CC1. The van der Waals surface area contributed by atoms with E-state index in [0.717, 1.165) is 31.7 Å². The van der Waals surface area contributed by atoms with Crippen molar-refractivity contribution < 1.29 is 4.74 Å². The van der Waals surface area contributed by atoms with Crippen molar-refractivity contribution in [3.05, 3.63) is 23.5 Å². The van der Waals surface area contributed by atoms with Crippen LogP contribution < -0.4 is 4.74 Å². The van der Waals surface area contributed by atoms with Crippen LogP contribution in [0, 0.1) is 0 Å². The predicted molar refractivity (Wildman–Crippen MR) is 60.4 cm³/mol. The summed E-state index contributed by atoms with van der Waals surface area (Å²) in [5, 5.41) is 0.487. The number of likely N-dealkylation sites (tertiary alicyclic amines) is 1. The maximum Gasteiger partial charge on any atom is 0.132 e. The molecule has 82 valence electrons. The number of nitrogens with zero attached hydrogens (tertiary/aromatic N) is 2. The maximum atomic E-state index is 5.83. The van der Waals surface area contributed by atoms with Gasteiger partial charge in [-0.05, 0) is 26.0 Å². The standard InChI is InChI=1S/C11H15ClN2O/c1-14-6-3-9(4-7-14)15-10-2-5-13-11(12)8-10/h2,5,8-9H,3-4,6-7H2,1H3. The second kappa shape index (κ2) is 4.81. The molecule has 0 amide bonds. The van der Waals surface area contributed by atoms with Crippen molar-refractivity contribution in [2.75, 3.05) is 20.1 Å². The van der Waals surface area contributed by atoms with Crippen molar-refractivity contribution in [1.82, 2.24) is 9.88 Å². The molecule has 0 bridgehead atoms. The lowest BCUT2D eigenvalue weighted by Crippen LogP contribution is -2.35. The van der Waals surface area contributed by atoms with Crippen LogP contribution in [0.2, 0.25) is 5.15 Å². The lowest BCUT2D eigenvalue weighted by molar-refractivity contribution is 0.114. The van der Waals surface area contributed by atoms with Crippen LogP contribution in [-0.2, 0) is 0 Å². The molecular weight excluding hydrogens is 212 g/mol. The van der Waals surface area contributed by atoms with Gasteiger partial charge in [-0.2, -0.15) is 0 Å². The summed E-state index contributed by atoms with van der Waals surface area (Å²) < 4.78 is 5.83. The molecule has 2 rings (SSSR count). The molecule has 1 saturated heterocycles. The Hall–Kier alpha value is -0.800. The largest absolute Gasteiger partial charge is 0.490 e. The first-order chi connectivity index (χ1) is 7.24. The highest BCUT2D eigenvalue weighted by molar-refractivity contribution is 6.29. The summed E-state index contributed by atoms with van der Waals surface area (Å²) in [5.41, 5.74) is 0. The predicted octanol–water partition coefficient (Wildman–Crippen LogP) is 2.21. The Morgan fingerprint density at radius 3 is 2.87 bits per heavy atom. The number of aromatic nitrogens is 1. The van der Waals surface area contributed by atoms with Gasteiger partial charge in [0.2, 0.25) is 0 Å². The average Bonchev–Trinajstić information content (AvgIpc) is 2.22. The topological polar surface area (TPSA) is 25.4 Å². The third kappa shape index (κ3) is 3.08. The second-order valence-corrected chi connectivity index (χ2v) is 4.32. The summed E-state index contributed by atoms with van der Waals surface area (Å²) >= 11 is 5.79. The van der Waals surface area contributed by atoms with E-state index < -0.39 is 0 Å². The van der Waals surface area contributed by atoms with Gasteiger partial charge in [0.25, 0.3) is 0 Å². The lowest BCUT2D eigenvalue weighted by Gasteiger charge is -2.29. The highest BCUT2D eigenvalue weighted by Gasteiger charge is 2.17. The first-order valence-corrected chi connectivity index (χ1v) is 5.58. The van der Waals surface area contributed by atoms with Crippen LogP contribution in [0.25, 0.3) is 0 Å². The fourth-order valence-electron chi connectivity index (χ4n) is 1.75. The molecule has 15 heavy (non-hydrogen) atoms. The molecule has 1 fully saturated rings. The zero-order chi connectivity index (χ0) is 10.7. The van der Waals surface area contributed by atoms with Gasteiger partial charge in [0.05, 0.1) is 0 Å². The molecule has 1 aromatic heterocycles. The van der Waals surface area contributed by atoms with Crippen LogP contribution in [0.4, 0.5) is 0 Å². The summed E-state index contributed by atoms with van der Waals surface area (Å²) in [4.78, 5) is 6.24. The number of pyridine rings is 1. The Morgan fingerprint density at radius 2 is 2.20 bits per heavy atom. The highest BCUT2D eigenvalue weighted by atomic mass is 35.5. The van der Waals surface area contributed by atoms with E-state index in [2.05, 4.69) is 16.9 Å². The molecule has 3 nitrogen and oxygen atoms in total. The Balaban J connectivity index is 1.92. The van der Waals surface area contributed by atoms with E-state index in [1.807, 2.05) is 6.07 Å². The van der Waals surface area contributed by atoms with Gasteiger partial charge in [-0.1, -0.05) is 11.6 Å². The third-order valence-corrected chi connectivity index (χ3v) is 2.87. The van der Waals surface area contributed by atoms with Crippen LogP contribution in [0.15, 0.2) is 18.3 Å². The van der Waals surface area contributed by atoms with E-state index in [1.54, 1.807) is 12.3 Å². The van der Waals surface area contributed by atoms with Crippen molar-refractivity contribution in [3.8, 4) is 5.75 Å². The fourth-order valence-corrected chi connectivity index (χ4v) is 1.92. The van der Waals surface area contributed by atoms with Gasteiger partial charge in [-0.3, -0.25) is 0 Å². The van der Waals surface area contributed by atoms with Crippen LogP contribution >= 0.6 is 11.6 Å². The third-order valence-electron chi connectivity index (χ3n) is 2.67. The molecule has 1 aliphatic rings. The smallest absolute Gasteiger partial charge is 0.132 e. The first kappa shape index (κ1) is 10.7. The van der Waals surface area contributed by atoms with E-state index >= 15 is 0 Å². The van der Waals surface area contributed by atoms with Crippen LogP contribution in [0.5, 0.6) is 5.75 Å². The average molecular weight is 227 g/mol. The van der Waals surface area contributed by atoms with Crippen molar-refractivity contribution in [2.24, 2.45) is 0 Å². The Morgan fingerprint density at radius 1 is 1.47 bits per heavy atom. The Kier molecular flexibility index (Phi) is 3.44. The van der Waals surface area contributed by atoms with Crippen molar-refractivity contribution in [3.63, 3.8) is 0 Å². The number of hydrogen-bond donors (Lipinski definition) is 0. The first-order valence-electron chi connectivity index (χ1n) is 5.21. The van der Waals surface area contributed by atoms with Gasteiger partial charge in [0.1, 0.15) is 17.0 Å². The van der Waals surface area contributed by atoms with Gasteiger partial charge in [0, 0.05) is 25.4 Å². The minimum atomic E-state index is 0.319. The number of hydrogen-bond acceptors (Lipinski definition) is 3. The molecule has 4 heteroatoms. The van der Waals surface area contributed by atoms with Crippen LogP contribution in [0.1, 0.15) is 12.8 Å². The van der Waals surface area contributed by atoms with E-state index in [9.17, 15) is 0 Å². The molecule has 0 spiro atoms. The van der Waals surface area contributed by atoms with Crippen LogP contribution in [-0.4, -0.2) is 36.1 Å². The minimum absolute atomic E-state index is 0.319. The normalized spacial score (nSPS) is 19.1. The molecule has 0 atom stereocenters. The molecule has 0 aliphatic carbocycles. The van der Waals surface area contributed by atoms with Crippen molar-refractivity contribution in [1.29, 1.82) is 0 Å². The zero-order valence-corrected chi connectivity index (χ0v) is 9.57. The number of ether oxygens (including phenoxy) is 1. The maximum absolute atomic E-state index is 5.83. The van der Waals surface area contributed by atoms with Crippen molar-refractivity contribution >= 4 is 11.6 Å². The summed E-state index contributed by atoms with van der Waals surface area (Å²) in [6, 6.07) is 3.62. The van der Waals surface area contributed by atoms with Gasteiger partial charge in [-0.15, -0.1) is 0 Å². The molecule has 0 radical (unpaired) electrons. The second-order valence-electron chi connectivity index (χ2n) is 3.93. The number of piperidine rings is 1. The van der Waals surface area contributed by atoms with Gasteiger partial charge < -0.3 is 9.64 Å². The van der Waals surface area contributed by atoms with Crippen molar-refractivity contribution in [2.45, 2.75) is 18.9 Å². The highest BCUT2D eigenvalue weighted by Crippen LogP contribution is 2.20. The van der Waals surface area contributed by atoms with Gasteiger partial charge in [0.15, 0.2) is 0 Å². The molecule has 2 heterocycles. The molecule has 0 aromatic carbocycles. The summed E-state index contributed by atoms with van der Waals surface area (Å²) in [5.74, 6) is 0.824. The van der Waals surface area contributed by atoms with E-state index in [4.69, 9.17) is 16.3 Å². The minimum Gasteiger partial charge on any atom is -0.490 e. The molecule has 0 N–H and O–H groups in total. The molecule has 0 unspecified atom stereocenters. The Labute approximate surface area is 95.0 Å². The monoisotopic (exact) mass is 226 g/mol. The number of rotatable bonds is 2. The van der Waals surface area contributed by atoms with Gasteiger partial charge >= 0.3 is 0 Å². The van der Waals surface area contributed by atoms with E-state index in [-0.39, 0.29) is 0 Å². The number of halogens is 1. The van der Waals surface area contributed by atoms with Crippen LogP contribution in [0.3, 0.4) is 0 Å². The zero-order valence-electron chi connectivity index (χ0n) is 8.82. The lowest BCUT2D eigenvalue weighted by atomic mass is 10.1. The molecule has 0 saturated carbocycles. The Bertz CT molecular complexity index is 324. The summed E-state index contributed by atoms with van der Waals surface area (Å²) in [7, 11) is 2.14. The van der Waals surface area contributed by atoms with E-state index in [1.165, 1.54) is 0 Å². The fraction of sp³-hybridized carbons (Fsp3) is 0.545. The molecule has 1 aromatic rings. The molecule has 1 aliphatic heterocycles. The van der Waals surface area contributed by atoms with E-state index in [0.29, 0.717) is 11.3 Å².